The van der Waals surface area contributed by atoms with Gasteiger partial charge < -0.3 is 10.5 Å². The average molecular weight is 228 g/mol. The van der Waals surface area contributed by atoms with Crippen LogP contribution in [0.3, 0.4) is 0 Å². The molecule has 2 N–H and O–H groups in total. The van der Waals surface area contributed by atoms with E-state index in [9.17, 15) is 0 Å². The van der Waals surface area contributed by atoms with Crippen LogP contribution in [-0.2, 0) is 0 Å². The topological polar surface area (TPSA) is 35.2 Å². The fraction of sp³-hybridized carbons (Fsp3) is 0.500. The summed E-state index contributed by atoms with van der Waals surface area (Å²) in [6, 6.07) is 6.58. The number of ether oxygens (including phenoxy) is 1. The first kappa shape index (κ1) is 12.3. The normalized spacial score (nSPS) is 23.9. The van der Waals surface area contributed by atoms with Crippen molar-refractivity contribution in [3.8, 4) is 5.75 Å². The van der Waals surface area contributed by atoms with Gasteiger partial charge in [-0.3, -0.25) is 0 Å². The quantitative estimate of drug-likeness (QED) is 0.843. The Morgan fingerprint density at radius 2 is 1.87 bits per heavy atom. The van der Waals surface area contributed by atoms with Gasteiger partial charge in [-0.25, -0.2) is 0 Å². The Morgan fingerprint density at radius 3 is 2.40 bits per heavy atom. The van der Waals surface area contributed by atoms with E-state index in [-0.39, 0.29) is 12.4 Å². The Labute approximate surface area is 97.2 Å². The third kappa shape index (κ3) is 2.86. The van der Waals surface area contributed by atoms with Crippen LogP contribution < -0.4 is 10.5 Å². The number of hydrogen-bond acceptors (Lipinski definition) is 2. The van der Waals surface area contributed by atoms with Gasteiger partial charge in [0.25, 0.3) is 0 Å². The molecule has 0 bridgehead atoms. The lowest BCUT2D eigenvalue weighted by atomic mass is 9.90. The minimum absolute atomic E-state index is 0. The van der Waals surface area contributed by atoms with Crippen LogP contribution in [0.2, 0.25) is 0 Å². The highest BCUT2D eigenvalue weighted by Gasteiger charge is 2.27. The molecule has 0 saturated heterocycles. The Kier molecular flexibility index (Phi) is 4.00. The largest absolute Gasteiger partial charge is 0.490 e. The van der Waals surface area contributed by atoms with Gasteiger partial charge in [-0.15, -0.1) is 12.4 Å². The zero-order valence-electron chi connectivity index (χ0n) is 9.19. The van der Waals surface area contributed by atoms with Crippen molar-refractivity contribution >= 4 is 12.4 Å². The summed E-state index contributed by atoms with van der Waals surface area (Å²) >= 11 is 0. The zero-order chi connectivity index (χ0) is 10.1. The van der Waals surface area contributed by atoms with Crippen molar-refractivity contribution in [2.45, 2.75) is 38.8 Å². The van der Waals surface area contributed by atoms with E-state index in [0.29, 0.717) is 12.1 Å². The molecule has 3 heteroatoms. The number of halogens is 1. The summed E-state index contributed by atoms with van der Waals surface area (Å²) in [5, 5.41) is 0. The lowest BCUT2D eigenvalue weighted by Crippen LogP contribution is -2.43. The van der Waals surface area contributed by atoms with Crippen LogP contribution in [-0.4, -0.2) is 12.1 Å². The molecule has 1 fully saturated rings. The second-order valence-corrected chi connectivity index (χ2v) is 4.22. The molecule has 0 spiro atoms. The molecule has 0 aliphatic heterocycles. The third-order valence-electron chi connectivity index (χ3n) is 2.91. The van der Waals surface area contributed by atoms with Crippen molar-refractivity contribution in [3.05, 3.63) is 29.3 Å². The van der Waals surface area contributed by atoms with Crippen LogP contribution in [0.25, 0.3) is 0 Å². The summed E-state index contributed by atoms with van der Waals surface area (Å²) in [6.07, 6.45) is 2.33. The van der Waals surface area contributed by atoms with Gasteiger partial charge in [0.1, 0.15) is 11.9 Å². The second kappa shape index (κ2) is 4.86. The summed E-state index contributed by atoms with van der Waals surface area (Å²) in [5.74, 6) is 0.977. The van der Waals surface area contributed by atoms with Crippen molar-refractivity contribution in [1.29, 1.82) is 0 Å². The summed E-state index contributed by atoms with van der Waals surface area (Å²) < 4.78 is 5.78. The van der Waals surface area contributed by atoms with Crippen molar-refractivity contribution < 1.29 is 4.74 Å². The monoisotopic (exact) mass is 227 g/mol. The predicted octanol–water partition coefficient (Wildman–Crippen LogP) is 2.59. The van der Waals surface area contributed by atoms with Crippen molar-refractivity contribution in [2.75, 3.05) is 0 Å². The molecule has 0 heterocycles. The highest BCUT2D eigenvalue weighted by Crippen LogP contribution is 2.25. The van der Waals surface area contributed by atoms with Crippen LogP contribution in [0.1, 0.15) is 24.0 Å². The van der Waals surface area contributed by atoms with Gasteiger partial charge in [0.15, 0.2) is 0 Å². The number of rotatable bonds is 2. The first-order chi connectivity index (χ1) is 6.65. The number of benzene rings is 1. The first-order valence-corrected chi connectivity index (χ1v) is 5.14. The molecule has 84 valence electrons. The summed E-state index contributed by atoms with van der Waals surface area (Å²) in [4.78, 5) is 0. The predicted molar refractivity (Wildman–Crippen MR) is 64.8 cm³/mol. The molecule has 0 aromatic heterocycles. The maximum absolute atomic E-state index is 5.78. The average Bonchev–Trinajstić information content (AvgIpc) is 2.09. The number of aryl methyl sites for hydroxylation is 2. The Morgan fingerprint density at radius 1 is 1.20 bits per heavy atom. The van der Waals surface area contributed by atoms with E-state index in [2.05, 4.69) is 26.0 Å². The highest BCUT2D eigenvalue weighted by atomic mass is 35.5. The second-order valence-electron chi connectivity index (χ2n) is 4.22. The molecule has 0 unspecified atom stereocenters. The summed E-state index contributed by atoms with van der Waals surface area (Å²) in [5.41, 5.74) is 8.29. The zero-order valence-corrected chi connectivity index (χ0v) is 10.0. The van der Waals surface area contributed by atoms with E-state index in [4.69, 9.17) is 10.5 Å². The van der Waals surface area contributed by atoms with Gasteiger partial charge in [0, 0.05) is 6.04 Å². The number of nitrogens with two attached hydrogens (primary N) is 1. The van der Waals surface area contributed by atoms with Gasteiger partial charge in [0.2, 0.25) is 0 Å². The van der Waals surface area contributed by atoms with Gasteiger partial charge in [0.05, 0.1) is 0 Å². The lowest BCUT2D eigenvalue weighted by molar-refractivity contribution is 0.101. The van der Waals surface area contributed by atoms with Crippen LogP contribution in [0.4, 0.5) is 0 Å². The molecular formula is C12H18ClNO. The molecule has 1 aromatic carbocycles. The molecular weight excluding hydrogens is 210 g/mol. The van der Waals surface area contributed by atoms with Gasteiger partial charge in [-0.1, -0.05) is 6.07 Å². The van der Waals surface area contributed by atoms with E-state index in [1.165, 1.54) is 11.1 Å². The molecule has 0 atom stereocenters. The molecule has 0 radical (unpaired) electrons. The van der Waals surface area contributed by atoms with E-state index < -0.39 is 0 Å². The number of hydrogen-bond donors (Lipinski definition) is 1. The lowest BCUT2D eigenvalue weighted by Gasteiger charge is -2.32. The first-order valence-electron chi connectivity index (χ1n) is 5.14. The van der Waals surface area contributed by atoms with Crippen molar-refractivity contribution in [1.82, 2.24) is 0 Å². The Hall–Kier alpha value is -0.730. The highest BCUT2D eigenvalue weighted by molar-refractivity contribution is 5.85. The molecule has 2 rings (SSSR count). The molecule has 1 aliphatic rings. The molecule has 1 saturated carbocycles. The van der Waals surface area contributed by atoms with E-state index in [1.54, 1.807) is 0 Å². The van der Waals surface area contributed by atoms with E-state index in [1.807, 2.05) is 6.07 Å². The van der Waals surface area contributed by atoms with Crippen LogP contribution in [0, 0.1) is 13.8 Å². The molecule has 1 aromatic rings. The van der Waals surface area contributed by atoms with Gasteiger partial charge in [-0.2, -0.15) is 0 Å². The third-order valence-corrected chi connectivity index (χ3v) is 2.91. The molecule has 1 aliphatic carbocycles. The fourth-order valence-corrected chi connectivity index (χ4v) is 1.68. The molecule has 2 nitrogen and oxygen atoms in total. The van der Waals surface area contributed by atoms with E-state index in [0.717, 1.165) is 18.6 Å². The van der Waals surface area contributed by atoms with Crippen molar-refractivity contribution in [2.24, 2.45) is 5.73 Å². The standard InChI is InChI=1S/C12H17NO.ClH/c1-8-3-4-11(5-9(8)2)14-12-6-10(13)7-12;/h3-5,10,12H,6-7,13H2,1-2H3;1H. The van der Waals surface area contributed by atoms with Crippen LogP contribution in [0.15, 0.2) is 18.2 Å². The summed E-state index contributed by atoms with van der Waals surface area (Å²) in [6.45, 7) is 4.22. The van der Waals surface area contributed by atoms with Crippen molar-refractivity contribution in [3.63, 3.8) is 0 Å². The smallest absolute Gasteiger partial charge is 0.120 e. The SMILES string of the molecule is Cc1ccc(OC2CC(N)C2)cc1C.Cl. The Balaban J connectivity index is 0.00000112. The maximum Gasteiger partial charge on any atom is 0.120 e. The van der Waals surface area contributed by atoms with Crippen LogP contribution in [0.5, 0.6) is 5.75 Å². The molecule has 0 amide bonds. The van der Waals surface area contributed by atoms with Crippen LogP contribution >= 0.6 is 12.4 Å². The Bertz CT molecular complexity index is 334. The summed E-state index contributed by atoms with van der Waals surface area (Å²) in [7, 11) is 0. The minimum atomic E-state index is 0. The molecule has 15 heavy (non-hydrogen) atoms. The van der Waals surface area contributed by atoms with E-state index >= 15 is 0 Å². The fourth-order valence-electron chi connectivity index (χ4n) is 1.68. The van der Waals surface area contributed by atoms with Gasteiger partial charge >= 0.3 is 0 Å². The minimum Gasteiger partial charge on any atom is -0.490 e. The maximum atomic E-state index is 5.78. The van der Waals surface area contributed by atoms with Gasteiger partial charge in [-0.05, 0) is 49.9 Å².